The van der Waals surface area contributed by atoms with Crippen molar-refractivity contribution in [1.82, 2.24) is 19.9 Å². The first-order valence-corrected chi connectivity index (χ1v) is 6.69. The minimum atomic E-state index is 0.0562. The molecular formula is C14H19N5O. The van der Waals surface area contributed by atoms with E-state index in [1.54, 1.807) is 24.8 Å². The number of nitrogens with one attached hydrogen (secondary N) is 1. The van der Waals surface area contributed by atoms with Crippen molar-refractivity contribution < 1.29 is 4.79 Å². The SMILES string of the molecule is CCCNC(=O)CCn1cncc1-c1ccnc(N)c1. The van der Waals surface area contributed by atoms with Gasteiger partial charge in [0.1, 0.15) is 5.82 Å². The van der Waals surface area contributed by atoms with Gasteiger partial charge in [-0.3, -0.25) is 4.79 Å². The second kappa shape index (κ2) is 6.70. The molecule has 0 spiro atoms. The van der Waals surface area contributed by atoms with Crippen LogP contribution in [-0.4, -0.2) is 27.0 Å². The van der Waals surface area contributed by atoms with Gasteiger partial charge < -0.3 is 15.6 Å². The number of nitrogens with two attached hydrogens (primary N) is 1. The molecule has 1 amide bonds. The van der Waals surface area contributed by atoms with Crippen molar-refractivity contribution in [1.29, 1.82) is 0 Å². The topological polar surface area (TPSA) is 85.8 Å². The third kappa shape index (κ3) is 3.57. The molecule has 6 nitrogen and oxygen atoms in total. The summed E-state index contributed by atoms with van der Waals surface area (Å²) in [7, 11) is 0. The zero-order chi connectivity index (χ0) is 14.4. The van der Waals surface area contributed by atoms with E-state index in [1.165, 1.54) is 0 Å². The molecule has 0 bridgehead atoms. The number of imidazole rings is 1. The molecule has 0 saturated carbocycles. The number of carbonyl (C=O) groups excluding carboxylic acids is 1. The lowest BCUT2D eigenvalue weighted by molar-refractivity contribution is -0.121. The van der Waals surface area contributed by atoms with Gasteiger partial charge in [-0.2, -0.15) is 0 Å². The monoisotopic (exact) mass is 273 g/mol. The van der Waals surface area contributed by atoms with E-state index in [1.807, 2.05) is 17.6 Å². The molecular weight excluding hydrogens is 254 g/mol. The van der Waals surface area contributed by atoms with E-state index in [2.05, 4.69) is 15.3 Å². The van der Waals surface area contributed by atoms with Gasteiger partial charge in [0.25, 0.3) is 0 Å². The van der Waals surface area contributed by atoms with Crippen molar-refractivity contribution in [2.24, 2.45) is 0 Å². The largest absolute Gasteiger partial charge is 0.384 e. The van der Waals surface area contributed by atoms with Gasteiger partial charge in [-0.1, -0.05) is 6.92 Å². The maximum atomic E-state index is 11.6. The van der Waals surface area contributed by atoms with Crippen LogP contribution in [0, 0.1) is 0 Å². The van der Waals surface area contributed by atoms with Crippen LogP contribution in [0.25, 0.3) is 11.3 Å². The maximum absolute atomic E-state index is 11.6. The van der Waals surface area contributed by atoms with Crippen molar-refractivity contribution in [3.63, 3.8) is 0 Å². The first-order chi connectivity index (χ1) is 9.70. The molecule has 0 aromatic carbocycles. The van der Waals surface area contributed by atoms with Crippen molar-refractivity contribution in [3.8, 4) is 11.3 Å². The van der Waals surface area contributed by atoms with E-state index in [9.17, 15) is 4.79 Å². The Bertz CT molecular complexity index is 578. The number of nitrogens with zero attached hydrogens (tertiary/aromatic N) is 3. The summed E-state index contributed by atoms with van der Waals surface area (Å²) in [6.07, 6.45) is 6.52. The lowest BCUT2D eigenvalue weighted by Gasteiger charge is -2.08. The fraction of sp³-hybridized carbons (Fsp3) is 0.357. The van der Waals surface area contributed by atoms with Gasteiger partial charge in [0.2, 0.25) is 5.91 Å². The van der Waals surface area contributed by atoms with E-state index in [4.69, 9.17) is 5.73 Å². The second-order valence-corrected chi connectivity index (χ2v) is 4.54. The number of aromatic nitrogens is 3. The van der Waals surface area contributed by atoms with Crippen LogP contribution in [0.1, 0.15) is 19.8 Å². The Labute approximate surface area is 118 Å². The third-order valence-electron chi connectivity index (χ3n) is 2.94. The predicted molar refractivity (Wildman–Crippen MR) is 77.8 cm³/mol. The Hall–Kier alpha value is -2.37. The number of hydrogen-bond acceptors (Lipinski definition) is 4. The highest BCUT2D eigenvalue weighted by Gasteiger charge is 2.07. The fourth-order valence-electron chi connectivity index (χ4n) is 1.92. The Morgan fingerprint density at radius 3 is 3.10 bits per heavy atom. The molecule has 3 N–H and O–H groups in total. The third-order valence-corrected chi connectivity index (χ3v) is 2.94. The smallest absolute Gasteiger partial charge is 0.221 e. The van der Waals surface area contributed by atoms with Crippen LogP contribution in [-0.2, 0) is 11.3 Å². The summed E-state index contributed by atoms with van der Waals surface area (Å²) in [5, 5.41) is 2.86. The van der Waals surface area contributed by atoms with Gasteiger partial charge in [-0.05, 0) is 18.6 Å². The lowest BCUT2D eigenvalue weighted by Crippen LogP contribution is -2.25. The van der Waals surface area contributed by atoms with Crippen molar-refractivity contribution in [3.05, 3.63) is 30.9 Å². The molecule has 0 aliphatic heterocycles. The molecule has 0 saturated heterocycles. The van der Waals surface area contributed by atoms with Crippen molar-refractivity contribution in [2.75, 3.05) is 12.3 Å². The first kappa shape index (κ1) is 14.0. The lowest BCUT2D eigenvalue weighted by atomic mass is 10.2. The number of carbonyl (C=O) groups is 1. The molecule has 0 radical (unpaired) electrons. The highest BCUT2D eigenvalue weighted by atomic mass is 16.1. The molecule has 6 heteroatoms. The van der Waals surface area contributed by atoms with Crippen LogP contribution >= 0.6 is 0 Å². The van der Waals surface area contributed by atoms with Crippen molar-refractivity contribution >= 4 is 11.7 Å². The summed E-state index contributed by atoms with van der Waals surface area (Å²) < 4.78 is 1.94. The Morgan fingerprint density at radius 1 is 1.50 bits per heavy atom. The van der Waals surface area contributed by atoms with Gasteiger partial charge in [0, 0.05) is 31.3 Å². The number of hydrogen-bond donors (Lipinski definition) is 2. The van der Waals surface area contributed by atoms with Gasteiger partial charge in [0.15, 0.2) is 0 Å². The molecule has 20 heavy (non-hydrogen) atoms. The zero-order valence-electron chi connectivity index (χ0n) is 11.5. The van der Waals surface area contributed by atoms with Gasteiger partial charge in [-0.15, -0.1) is 0 Å². The zero-order valence-corrected chi connectivity index (χ0v) is 11.5. The minimum absolute atomic E-state index is 0.0562. The molecule has 2 heterocycles. The molecule has 2 aromatic heterocycles. The number of aryl methyl sites for hydroxylation is 1. The summed E-state index contributed by atoms with van der Waals surface area (Å²) in [6, 6.07) is 3.67. The van der Waals surface area contributed by atoms with Gasteiger partial charge in [-0.25, -0.2) is 9.97 Å². The standard InChI is InChI=1S/C14H19N5O/c1-2-5-18-14(20)4-7-19-10-16-9-12(19)11-3-6-17-13(15)8-11/h3,6,8-10H,2,4-5,7H2,1H3,(H2,15,17)(H,18,20). The van der Waals surface area contributed by atoms with Crippen molar-refractivity contribution in [2.45, 2.75) is 26.3 Å². The van der Waals surface area contributed by atoms with Crippen LogP contribution < -0.4 is 11.1 Å². The summed E-state index contributed by atoms with van der Waals surface area (Å²) in [4.78, 5) is 19.7. The molecule has 0 aliphatic carbocycles. The quantitative estimate of drug-likeness (QED) is 0.834. The van der Waals surface area contributed by atoms with E-state index in [0.29, 0.717) is 18.8 Å². The highest BCUT2D eigenvalue weighted by molar-refractivity contribution is 5.75. The van der Waals surface area contributed by atoms with Crippen LogP contribution in [0.2, 0.25) is 0 Å². The molecule has 2 aromatic rings. The summed E-state index contributed by atoms with van der Waals surface area (Å²) in [6.45, 7) is 3.34. The van der Waals surface area contributed by atoms with Gasteiger partial charge in [0.05, 0.1) is 18.2 Å². The Morgan fingerprint density at radius 2 is 2.35 bits per heavy atom. The number of amides is 1. The first-order valence-electron chi connectivity index (χ1n) is 6.69. The second-order valence-electron chi connectivity index (χ2n) is 4.54. The Balaban J connectivity index is 2.04. The number of pyridine rings is 1. The van der Waals surface area contributed by atoms with Gasteiger partial charge >= 0.3 is 0 Å². The summed E-state index contributed by atoms with van der Waals surface area (Å²) in [5.41, 5.74) is 7.57. The normalized spacial score (nSPS) is 10.4. The molecule has 0 aliphatic rings. The average Bonchev–Trinajstić information content (AvgIpc) is 2.91. The Kier molecular flexibility index (Phi) is 4.70. The highest BCUT2D eigenvalue weighted by Crippen LogP contribution is 2.20. The average molecular weight is 273 g/mol. The van der Waals surface area contributed by atoms with Crippen LogP contribution in [0.3, 0.4) is 0 Å². The molecule has 0 unspecified atom stereocenters. The molecule has 2 rings (SSSR count). The summed E-state index contributed by atoms with van der Waals surface area (Å²) in [5.74, 6) is 0.525. The molecule has 0 fully saturated rings. The van der Waals surface area contributed by atoms with E-state index in [-0.39, 0.29) is 5.91 Å². The maximum Gasteiger partial charge on any atom is 0.221 e. The fourth-order valence-corrected chi connectivity index (χ4v) is 1.92. The van der Waals surface area contributed by atoms with E-state index in [0.717, 1.165) is 24.2 Å². The number of rotatable bonds is 6. The summed E-state index contributed by atoms with van der Waals surface area (Å²) >= 11 is 0. The number of nitrogen functional groups attached to an aromatic ring is 1. The molecule has 106 valence electrons. The predicted octanol–water partition coefficient (Wildman–Crippen LogP) is 1.44. The van der Waals surface area contributed by atoms with Crippen LogP contribution in [0.15, 0.2) is 30.9 Å². The van der Waals surface area contributed by atoms with Crippen LogP contribution in [0.5, 0.6) is 0 Å². The molecule has 0 atom stereocenters. The van der Waals surface area contributed by atoms with E-state index < -0.39 is 0 Å². The minimum Gasteiger partial charge on any atom is -0.384 e. The van der Waals surface area contributed by atoms with Crippen LogP contribution in [0.4, 0.5) is 5.82 Å². The van der Waals surface area contributed by atoms with E-state index >= 15 is 0 Å². The number of anilines is 1.